The van der Waals surface area contributed by atoms with E-state index in [9.17, 15) is 18.8 Å². The predicted octanol–water partition coefficient (Wildman–Crippen LogP) is 2.04. The maximum atomic E-state index is 13.0. The lowest BCUT2D eigenvalue weighted by Crippen LogP contribution is -2.65. The van der Waals surface area contributed by atoms with Crippen molar-refractivity contribution in [1.82, 2.24) is 4.31 Å². The van der Waals surface area contributed by atoms with E-state index in [4.69, 9.17) is 0 Å². The zero-order chi connectivity index (χ0) is 17.3. The fourth-order valence-corrected chi connectivity index (χ4v) is 5.31. The van der Waals surface area contributed by atoms with Gasteiger partial charge < -0.3 is 5.11 Å². The van der Waals surface area contributed by atoms with E-state index in [0.29, 0.717) is 5.56 Å². The van der Waals surface area contributed by atoms with E-state index < -0.39 is 22.1 Å². The van der Waals surface area contributed by atoms with Crippen LogP contribution in [0.25, 0.3) is 0 Å². The maximum Gasteiger partial charge on any atom is 0.244 e. The Balaban J connectivity index is 2.03. The van der Waals surface area contributed by atoms with Crippen LogP contribution < -0.4 is 0 Å². The molecule has 1 aliphatic rings. The number of nitriles is 1. The normalized spacial score (nSPS) is 24.1. The van der Waals surface area contributed by atoms with Gasteiger partial charge in [-0.25, -0.2) is 8.42 Å². The molecule has 1 saturated heterocycles. The summed E-state index contributed by atoms with van der Waals surface area (Å²) in [4.78, 5) is 0.176. The Morgan fingerprint density at radius 1 is 1.12 bits per heavy atom. The Labute approximate surface area is 141 Å². The van der Waals surface area contributed by atoms with Gasteiger partial charge in [0.1, 0.15) is 6.04 Å². The molecular weight excluding hydrogens is 324 g/mol. The lowest BCUT2D eigenvalue weighted by molar-refractivity contribution is 0.0556. The zero-order valence-electron chi connectivity index (χ0n) is 13.2. The minimum absolute atomic E-state index is 0.176. The van der Waals surface area contributed by atoms with Crippen molar-refractivity contribution in [2.75, 3.05) is 6.61 Å². The van der Waals surface area contributed by atoms with Crippen molar-refractivity contribution in [2.24, 2.45) is 0 Å². The lowest BCUT2D eigenvalue weighted by Gasteiger charge is -2.50. The summed E-state index contributed by atoms with van der Waals surface area (Å²) >= 11 is 0. The van der Waals surface area contributed by atoms with Gasteiger partial charge in [0.2, 0.25) is 10.0 Å². The van der Waals surface area contributed by atoms with Crippen LogP contribution in [0.5, 0.6) is 0 Å². The van der Waals surface area contributed by atoms with Gasteiger partial charge in [-0.2, -0.15) is 9.57 Å². The maximum absolute atomic E-state index is 13.0. The van der Waals surface area contributed by atoms with E-state index in [0.717, 1.165) is 9.87 Å². The summed E-state index contributed by atoms with van der Waals surface area (Å²) in [5.74, 6) is -0.333. The summed E-state index contributed by atoms with van der Waals surface area (Å²) in [6.07, 6.45) is 0. The van der Waals surface area contributed by atoms with E-state index in [2.05, 4.69) is 6.07 Å². The standard InChI is InChI=1S/C18H18N2O3S/c1-13-7-5-6-10-17(13)24(22,23)20-15(11-19)18(16(20)12-21)14-8-3-2-4-9-14/h2-10,15-16,18,21H,12H2,1H3/t15-,16-,18+/m0/s1. The first-order valence-electron chi connectivity index (χ1n) is 7.67. The number of hydrogen-bond acceptors (Lipinski definition) is 4. The molecule has 0 saturated carbocycles. The van der Waals surface area contributed by atoms with Crippen LogP contribution in [0.15, 0.2) is 59.5 Å². The van der Waals surface area contributed by atoms with Crippen LogP contribution in [0.1, 0.15) is 17.0 Å². The van der Waals surface area contributed by atoms with Gasteiger partial charge in [-0.1, -0.05) is 48.5 Å². The molecule has 0 bridgehead atoms. The molecule has 0 amide bonds. The molecule has 3 atom stereocenters. The summed E-state index contributed by atoms with van der Waals surface area (Å²) in [7, 11) is -3.85. The third-order valence-electron chi connectivity index (χ3n) is 4.51. The number of aliphatic hydroxyl groups is 1. The van der Waals surface area contributed by atoms with E-state index in [1.165, 1.54) is 6.07 Å². The molecule has 24 heavy (non-hydrogen) atoms. The number of rotatable bonds is 4. The molecule has 1 N–H and O–H groups in total. The summed E-state index contributed by atoms with van der Waals surface area (Å²) in [6.45, 7) is 1.39. The summed E-state index contributed by atoms with van der Waals surface area (Å²) in [5.41, 5.74) is 1.48. The fraction of sp³-hybridized carbons (Fsp3) is 0.278. The molecule has 0 spiro atoms. The number of aryl methyl sites for hydroxylation is 1. The summed E-state index contributed by atoms with van der Waals surface area (Å²) in [6, 6.07) is 16.6. The van der Waals surface area contributed by atoms with Gasteiger partial charge in [0.25, 0.3) is 0 Å². The van der Waals surface area contributed by atoms with Crippen molar-refractivity contribution in [3.8, 4) is 6.07 Å². The number of hydrogen-bond donors (Lipinski definition) is 1. The van der Waals surface area contributed by atoms with Crippen molar-refractivity contribution < 1.29 is 13.5 Å². The number of aliphatic hydroxyl groups excluding tert-OH is 1. The minimum Gasteiger partial charge on any atom is -0.395 e. The first kappa shape index (κ1) is 16.7. The largest absolute Gasteiger partial charge is 0.395 e. The van der Waals surface area contributed by atoms with Crippen LogP contribution in [0.4, 0.5) is 0 Å². The van der Waals surface area contributed by atoms with Crippen LogP contribution in [0, 0.1) is 18.3 Å². The average molecular weight is 342 g/mol. The second-order valence-corrected chi connectivity index (χ2v) is 7.67. The fourth-order valence-electron chi connectivity index (χ4n) is 3.33. The third-order valence-corrected chi connectivity index (χ3v) is 6.58. The lowest BCUT2D eigenvalue weighted by atomic mass is 9.78. The molecule has 6 heteroatoms. The third kappa shape index (κ3) is 2.51. The smallest absolute Gasteiger partial charge is 0.244 e. The van der Waals surface area contributed by atoms with E-state index in [1.807, 2.05) is 30.3 Å². The number of nitrogens with zero attached hydrogens (tertiary/aromatic N) is 2. The van der Waals surface area contributed by atoms with Gasteiger partial charge in [-0.3, -0.25) is 0 Å². The summed E-state index contributed by atoms with van der Waals surface area (Å²) in [5, 5.41) is 19.3. The molecule has 5 nitrogen and oxygen atoms in total. The molecule has 0 aliphatic carbocycles. The quantitative estimate of drug-likeness (QED) is 0.922. The Hall–Kier alpha value is -2.20. The highest BCUT2D eigenvalue weighted by Gasteiger charge is 2.55. The summed E-state index contributed by atoms with van der Waals surface area (Å²) < 4.78 is 27.2. The molecule has 124 valence electrons. The molecule has 3 rings (SSSR count). The van der Waals surface area contributed by atoms with E-state index >= 15 is 0 Å². The zero-order valence-corrected chi connectivity index (χ0v) is 14.0. The SMILES string of the molecule is Cc1ccccc1S(=O)(=O)N1[C@@H](C#N)[C@@H](c2ccccc2)[C@@H]1CO. The van der Waals surface area contributed by atoms with E-state index in [-0.39, 0.29) is 17.4 Å². The molecule has 0 unspecified atom stereocenters. The Kier molecular flexibility index (Phi) is 4.41. The molecule has 1 fully saturated rings. The van der Waals surface area contributed by atoms with Crippen LogP contribution in [0.2, 0.25) is 0 Å². The van der Waals surface area contributed by atoms with Crippen molar-refractivity contribution in [2.45, 2.75) is 29.8 Å². The van der Waals surface area contributed by atoms with Gasteiger partial charge in [0, 0.05) is 5.92 Å². The first-order chi connectivity index (χ1) is 11.5. The molecule has 1 aliphatic heterocycles. The van der Waals surface area contributed by atoms with Crippen LogP contribution in [-0.2, 0) is 10.0 Å². The monoisotopic (exact) mass is 342 g/mol. The highest BCUT2D eigenvalue weighted by atomic mass is 32.2. The van der Waals surface area contributed by atoms with Gasteiger partial charge in [-0.15, -0.1) is 0 Å². The minimum atomic E-state index is -3.85. The van der Waals surface area contributed by atoms with Crippen molar-refractivity contribution >= 4 is 10.0 Å². The van der Waals surface area contributed by atoms with Gasteiger partial charge >= 0.3 is 0 Å². The van der Waals surface area contributed by atoms with E-state index in [1.54, 1.807) is 25.1 Å². The van der Waals surface area contributed by atoms with Gasteiger partial charge in [0.15, 0.2) is 0 Å². The first-order valence-corrected chi connectivity index (χ1v) is 9.11. The average Bonchev–Trinajstić information content (AvgIpc) is 2.55. The van der Waals surface area contributed by atoms with Gasteiger partial charge in [0.05, 0.1) is 23.6 Å². The topological polar surface area (TPSA) is 81.4 Å². The number of sulfonamides is 1. The Morgan fingerprint density at radius 3 is 2.33 bits per heavy atom. The van der Waals surface area contributed by atoms with Crippen molar-refractivity contribution in [3.05, 3.63) is 65.7 Å². The van der Waals surface area contributed by atoms with Crippen LogP contribution in [-0.4, -0.2) is 36.5 Å². The number of benzene rings is 2. The molecule has 1 heterocycles. The van der Waals surface area contributed by atoms with Crippen LogP contribution >= 0.6 is 0 Å². The predicted molar refractivity (Wildman–Crippen MR) is 89.7 cm³/mol. The molecule has 0 radical (unpaired) electrons. The highest BCUT2D eigenvalue weighted by Crippen LogP contribution is 2.44. The molecule has 2 aromatic rings. The highest BCUT2D eigenvalue weighted by molar-refractivity contribution is 7.89. The second-order valence-electron chi connectivity index (χ2n) is 5.86. The second kappa shape index (κ2) is 6.36. The van der Waals surface area contributed by atoms with Crippen LogP contribution in [0.3, 0.4) is 0 Å². The molecule has 2 aromatic carbocycles. The Morgan fingerprint density at radius 2 is 1.75 bits per heavy atom. The Bertz CT molecular complexity index is 875. The van der Waals surface area contributed by atoms with Crippen molar-refractivity contribution in [3.63, 3.8) is 0 Å². The van der Waals surface area contributed by atoms with Crippen molar-refractivity contribution in [1.29, 1.82) is 5.26 Å². The van der Waals surface area contributed by atoms with Gasteiger partial charge in [-0.05, 0) is 24.1 Å². The molecule has 0 aromatic heterocycles. The molecular formula is C18H18N2O3S.